The number of hydrogen-bond donors (Lipinski definition) is 2. The van der Waals surface area contributed by atoms with E-state index in [1.54, 1.807) is 7.11 Å². The van der Waals surface area contributed by atoms with Crippen LogP contribution in [0.25, 0.3) is 21.8 Å². The molecule has 6 heteroatoms. The number of aromatic nitrogens is 1. The number of nitrogens with one attached hydrogen (secondary N) is 1. The van der Waals surface area contributed by atoms with Gasteiger partial charge < -0.3 is 15.2 Å². The fourth-order valence-corrected chi connectivity index (χ4v) is 3.78. The normalized spacial score (nSPS) is 12.8. The van der Waals surface area contributed by atoms with Crippen LogP contribution in [0.1, 0.15) is 27.2 Å². The molecule has 0 saturated heterocycles. The molecule has 0 fully saturated rings. The van der Waals surface area contributed by atoms with Gasteiger partial charge in [-0.2, -0.15) is 0 Å². The van der Waals surface area contributed by atoms with Gasteiger partial charge in [0.2, 0.25) is 0 Å². The summed E-state index contributed by atoms with van der Waals surface area (Å²) in [4.78, 5) is 7.05. The minimum atomic E-state index is -0.486. The van der Waals surface area contributed by atoms with Crippen LogP contribution >= 0.6 is 11.6 Å². The average Bonchev–Trinajstić information content (AvgIpc) is 2.70. The summed E-state index contributed by atoms with van der Waals surface area (Å²) < 4.78 is 5.41. The van der Waals surface area contributed by atoms with Crippen LogP contribution in [0.2, 0.25) is 5.02 Å². The van der Waals surface area contributed by atoms with Crippen molar-refractivity contribution in [3.05, 3.63) is 41.4 Å². The Bertz CT molecular complexity index is 977. The van der Waals surface area contributed by atoms with Gasteiger partial charge in [-0.15, -0.1) is 0 Å². The third-order valence-electron chi connectivity index (χ3n) is 5.14. The van der Waals surface area contributed by atoms with Crippen molar-refractivity contribution in [3.8, 4) is 5.75 Å². The average molecular weight is 416 g/mol. The van der Waals surface area contributed by atoms with E-state index in [4.69, 9.17) is 21.3 Å². The molecule has 1 atom stereocenters. The Morgan fingerprint density at radius 1 is 1.14 bits per heavy atom. The number of fused-ring (bicyclic) bond motifs is 2. The van der Waals surface area contributed by atoms with E-state index in [2.05, 4.69) is 31.0 Å². The summed E-state index contributed by atoms with van der Waals surface area (Å²) >= 11 is 6.19. The zero-order valence-electron chi connectivity index (χ0n) is 17.6. The number of rotatable bonds is 9. The number of anilines is 1. The van der Waals surface area contributed by atoms with Gasteiger partial charge in [0.05, 0.1) is 29.9 Å². The van der Waals surface area contributed by atoms with Crippen LogP contribution in [0.4, 0.5) is 5.69 Å². The molecule has 0 aliphatic carbocycles. The number of hydrogen-bond acceptors (Lipinski definition) is 5. The van der Waals surface area contributed by atoms with E-state index >= 15 is 0 Å². The SMILES string of the molecule is CCCN(CC(O)CNc1c2ccc(Cl)cc2nc2ccc(OC)cc12)C(C)C. The van der Waals surface area contributed by atoms with Crippen LogP contribution in [-0.2, 0) is 0 Å². The first-order valence-corrected chi connectivity index (χ1v) is 10.5. The van der Waals surface area contributed by atoms with Crippen LogP contribution in [0, 0.1) is 0 Å². The standard InChI is InChI=1S/C23H30ClN3O2/c1-5-10-27(15(2)3)14-17(28)13-25-23-19-8-6-16(24)11-22(19)26-21-9-7-18(29-4)12-20(21)23/h6-9,11-12,15,17,28H,5,10,13-14H2,1-4H3,(H,25,26). The zero-order valence-corrected chi connectivity index (χ0v) is 18.3. The predicted molar refractivity (Wildman–Crippen MR) is 122 cm³/mol. The highest BCUT2D eigenvalue weighted by Crippen LogP contribution is 2.34. The van der Waals surface area contributed by atoms with Crippen molar-refractivity contribution in [1.82, 2.24) is 9.88 Å². The number of pyridine rings is 1. The quantitative estimate of drug-likeness (QED) is 0.484. The lowest BCUT2D eigenvalue weighted by Gasteiger charge is -2.28. The summed E-state index contributed by atoms with van der Waals surface area (Å²) in [7, 11) is 1.65. The van der Waals surface area contributed by atoms with Crippen molar-refractivity contribution in [1.29, 1.82) is 0 Å². The van der Waals surface area contributed by atoms with Gasteiger partial charge in [-0.3, -0.25) is 4.90 Å². The minimum absolute atomic E-state index is 0.401. The van der Waals surface area contributed by atoms with Gasteiger partial charge in [-0.1, -0.05) is 18.5 Å². The molecule has 156 valence electrons. The molecule has 0 radical (unpaired) electrons. The lowest BCUT2D eigenvalue weighted by molar-refractivity contribution is 0.104. The molecule has 3 rings (SSSR count). The van der Waals surface area contributed by atoms with E-state index in [1.165, 1.54) is 0 Å². The molecule has 0 aliphatic heterocycles. The maximum atomic E-state index is 10.7. The molecule has 0 aliphatic rings. The number of aliphatic hydroxyl groups is 1. The highest BCUT2D eigenvalue weighted by atomic mass is 35.5. The van der Waals surface area contributed by atoms with Crippen molar-refractivity contribution in [2.75, 3.05) is 32.1 Å². The lowest BCUT2D eigenvalue weighted by Crippen LogP contribution is -2.40. The van der Waals surface area contributed by atoms with Gasteiger partial charge >= 0.3 is 0 Å². The van der Waals surface area contributed by atoms with Gasteiger partial charge in [0.25, 0.3) is 0 Å². The number of aliphatic hydroxyl groups excluding tert-OH is 1. The van der Waals surface area contributed by atoms with Crippen molar-refractivity contribution in [2.24, 2.45) is 0 Å². The molecule has 1 unspecified atom stereocenters. The second-order valence-electron chi connectivity index (χ2n) is 7.65. The van der Waals surface area contributed by atoms with Gasteiger partial charge in [0.1, 0.15) is 5.75 Å². The number of methoxy groups -OCH3 is 1. The molecule has 0 saturated carbocycles. The predicted octanol–water partition coefficient (Wildman–Crippen LogP) is 4.94. The molecular formula is C23H30ClN3O2. The van der Waals surface area contributed by atoms with Crippen LogP contribution in [0.3, 0.4) is 0 Å². The van der Waals surface area contributed by atoms with Gasteiger partial charge in [0.15, 0.2) is 0 Å². The molecule has 1 heterocycles. The molecule has 0 bridgehead atoms. The number of ether oxygens (including phenoxy) is 1. The Morgan fingerprint density at radius 2 is 1.93 bits per heavy atom. The van der Waals surface area contributed by atoms with Gasteiger partial charge in [-0.05, 0) is 63.2 Å². The first-order chi connectivity index (χ1) is 13.9. The van der Waals surface area contributed by atoms with E-state index in [9.17, 15) is 5.11 Å². The Labute approximate surface area is 177 Å². The fourth-order valence-electron chi connectivity index (χ4n) is 3.62. The number of benzene rings is 2. The third kappa shape index (κ3) is 5.10. The van der Waals surface area contributed by atoms with Crippen LogP contribution in [0.5, 0.6) is 5.75 Å². The maximum absolute atomic E-state index is 10.7. The molecule has 0 spiro atoms. The topological polar surface area (TPSA) is 57.6 Å². The second-order valence-corrected chi connectivity index (χ2v) is 8.09. The van der Waals surface area contributed by atoms with Crippen LogP contribution < -0.4 is 10.1 Å². The lowest BCUT2D eigenvalue weighted by atomic mass is 10.1. The summed E-state index contributed by atoms with van der Waals surface area (Å²) in [5.74, 6) is 0.769. The van der Waals surface area contributed by atoms with E-state index < -0.39 is 6.10 Å². The van der Waals surface area contributed by atoms with Crippen LogP contribution in [-0.4, -0.2) is 53.9 Å². The minimum Gasteiger partial charge on any atom is -0.497 e. The number of nitrogens with zero attached hydrogens (tertiary/aromatic N) is 2. The van der Waals surface area contributed by atoms with Crippen LogP contribution in [0.15, 0.2) is 36.4 Å². The Hall–Kier alpha value is -2.08. The van der Waals surface area contributed by atoms with Crippen molar-refractivity contribution in [3.63, 3.8) is 0 Å². The molecule has 0 amide bonds. The van der Waals surface area contributed by atoms with E-state index in [0.717, 1.165) is 46.2 Å². The first kappa shape index (κ1) is 21.6. The Kier molecular flexibility index (Phi) is 7.17. The van der Waals surface area contributed by atoms with E-state index in [-0.39, 0.29) is 0 Å². The zero-order chi connectivity index (χ0) is 21.0. The fraction of sp³-hybridized carbons (Fsp3) is 0.435. The Balaban J connectivity index is 1.93. The largest absolute Gasteiger partial charge is 0.497 e. The highest BCUT2D eigenvalue weighted by Gasteiger charge is 2.16. The summed E-state index contributed by atoms with van der Waals surface area (Å²) in [5.41, 5.74) is 2.61. The molecular weight excluding hydrogens is 386 g/mol. The van der Waals surface area contributed by atoms with Crippen molar-refractivity contribution in [2.45, 2.75) is 39.3 Å². The molecule has 1 aromatic heterocycles. The first-order valence-electron chi connectivity index (χ1n) is 10.2. The molecule has 5 nitrogen and oxygen atoms in total. The van der Waals surface area contributed by atoms with Crippen molar-refractivity contribution >= 4 is 39.1 Å². The van der Waals surface area contributed by atoms with E-state index in [1.807, 2.05) is 36.4 Å². The summed E-state index contributed by atoms with van der Waals surface area (Å²) in [5, 5.41) is 16.7. The third-order valence-corrected chi connectivity index (χ3v) is 5.38. The van der Waals surface area contributed by atoms with Crippen molar-refractivity contribution < 1.29 is 9.84 Å². The summed E-state index contributed by atoms with van der Waals surface area (Å²) in [6.45, 7) is 8.54. The monoisotopic (exact) mass is 415 g/mol. The van der Waals surface area contributed by atoms with Gasteiger partial charge in [0, 0.05) is 34.9 Å². The van der Waals surface area contributed by atoms with Gasteiger partial charge in [-0.25, -0.2) is 4.98 Å². The smallest absolute Gasteiger partial charge is 0.119 e. The summed E-state index contributed by atoms with van der Waals surface area (Å²) in [6.07, 6.45) is 0.582. The number of halogens is 1. The molecule has 2 aromatic carbocycles. The highest BCUT2D eigenvalue weighted by molar-refractivity contribution is 6.31. The Morgan fingerprint density at radius 3 is 2.62 bits per heavy atom. The molecule has 29 heavy (non-hydrogen) atoms. The van der Waals surface area contributed by atoms with E-state index in [0.29, 0.717) is 24.2 Å². The molecule has 2 N–H and O–H groups in total. The summed E-state index contributed by atoms with van der Waals surface area (Å²) in [6, 6.07) is 11.9. The second kappa shape index (κ2) is 9.61. The maximum Gasteiger partial charge on any atom is 0.119 e. The molecule has 3 aromatic rings.